The first-order valence-corrected chi connectivity index (χ1v) is 7.08. The second kappa shape index (κ2) is 6.00. The summed E-state index contributed by atoms with van der Waals surface area (Å²) in [7, 11) is 0. The third kappa shape index (κ3) is 2.96. The van der Waals surface area contributed by atoms with E-state index in [0.29, 0.717) is 11.9 Å². The van der Waals surface area contributed by atoms with Crippen LogP contribution in [0.2, 0.25) is 0 Å². The van der Waals surface area contributed by atoms with Crippen LogP contribution in [-0.4, -0.2) is 38.0 Å². The van der Waals surface area contributed by atoms with E-state index in [-0.39, 0.29) is 6.10 Å². The van der Waals surface area contributed by atoms with Crippen molar-refractivity contribution in [1.82, 2.24) is 20.2 Å². The molecule has 0 radical (unpaired) electrons. The standard InChI is InChI=1S/C14H19N5O/c20-13-8-6-11(7-9-13)10-15-14-16-17-18-19(14)12-4-2-1-3-5-12/h1-5,11,13,20H,6-10H2,(H,15,16,18). The predicted molar refractivity (Wildman–Crippen MR) is 75.6 cm³/mol. The van der Waals surface area contributed by atoms with E-state index in [0.717, 1.165) is 37.9 Å². The van der Waals surface area contributed by atoms with Crippen molar-refractivity contribution in [1.29, 1.82) is 0 Å². The zero-order valence-corrected chi connectivity index (χ0v) is 11.3. The quantitative estimate of drug-likeness (QED) is 0.885. The maximum Gasteiger partial charge on any atom is 0.247 e. The van der Waals surface area contributed by atoms with Gasteiger partial charge in [0.2, 0.25) is 5.95 Å². The average molecular weight is 273 g/mol. The minimum atomic E-state index is -0.110. The number of aliphatic hydroxyl groups is 1. The van der Waals surface area contributed by atoms with Gasteiger partial charge in [-0.25, -0.2) is 0 Å². The van der Waals surface area contributed by atoms with Crippen molar-refractivity contribution in [2.24, 2.45) is 5.92 Å². The van der Waals surface area contributed by atoms with Crippen LogP contribution < -0.4 is 5.32 Å². The molecule has 1 fully saturated rings. The number of benzene rings is 1. The predicted octanol–water partition coefficient (Wildman–Crippen LogP) is 1.63. The largest absolute Gasteiger partial charge is 0.393 e. The molecule has 0 aliphatic heterocycles. The van der Waals surface area contributed by atoms with E-state index < -0.39 is 0 Å². The topological polar surface area (TPSA) is 75.9 Å². The van der Waals surface area contributed by atoms with Gasteiger partial charge in [-0.2, -0.15) is 4.68 Å². The molecule has 6 nitrogen and oxygen atoms in total. The third-order valence-corrected chi connectivity index (χ3v) is 3.84. The number of nitrogens with zero attached hydrogens (tertiary/aromatic N) is 4. The molecule has 0 atom stereocenters. The number of nitrogens with one attached hydrogen (secondary N) is 1. The molecule has 1 heterocycles. The van der Waals surface area contributed by atoms with Gasteiger partial charge in [0.05, 0.1) is 11.8 Å². The molecule has 0 amide bonds. The lowest BCUT2D eigenvalue weighted by molar-refractivity contribution is 0.111. The number of tetrazole rings is 1. The first kappa shape index (κ1) is 13.1. The summed E-state index contributed by atoms with van der Waals surface area (Å²) in [6, 6.07) is 9.83. The number of para-hydroxylation sites is 1. The number of aromatic nitrogens is 4. The van der Waals surface area contributed by atoms with Crippen molar-refractivity contribution in [2.45, 2.75) is 31.8 Å². The average Bonchev–Trinajstić information content (AvgIpc) is 2.96. The van der Waals surface area contributed by atoms with Crippen molar-refractivity contribution >= 4 is 5.95 Å². The van der Waals surface area contributed by atoms with Gasteiger partial charge in [-0.15, -0.1) is 0 Å². The Morgan fingerprint density at radius 1 is 1.15 bits per heavy atom. The van der Waals surface area contributed by atoms with Gasteiger partial charge < -0.3 is 10.4 Å². The number of rotatable bonds is 4. The summed E-state index contributed by atoms with van der Waals surface area (Å²) in [5.41, 5.74) is 0.944. The summed E-state index contributed by atoms with van der Waals surface area (Å²) in [6.07, 6.45) is 3.80. The van der Waals surface area contributed by atoms with E-state index in [1.807, 2.05) is 30.3 Å². The van der Waals surface area contributed by atoms with Gasteiger partial charge in [-0.1, -0.05) is 23.3 Å². The Balaban J connectivity index is 1.63. The van der Waals surface area contributed by atoms with Crippen LogP contribution in [0.4, 0.5) is 5.95 Å². The lowest BCUT2D eigenvalue weighted by Crippen LogP contribution is -2.24. The lowest BCUT2D eigenvalue weighted by Gasteiger charge is -2.25. The summed E-state index contributed by atoms with van der Waals surface area (Å²) in [4.78, 5) is 0. The molecule has 2 N–H and O–H groups in total. The number of anilines is 1. The second-order valence-corrected chi connectivity index (χ2v) is 5.31. The Labute approximate surface area is 117 Å². The van der Waals surface area contributed by atoms with Crippen molar-refractivity contribution in [2.75, 3.05) is 11.9 Å². The Morgan fingerprint density at radius 3 is 2.65 bits per heavy atom. The third-order valence-electron chi connectivity index (χ3n) is 3.84. The van der Waals surface area contributed by atoms with Gasteiger partial charge in [-0.3, -0.25) is 0 Å². The summed E-state index contributed by atoms with van der Waals surface area (Å²) in [5.74, 6) is 1.25. The number of hydrogen-bond donors (Lipinski definition) is 2. The second-order valence-electron chi connectivity index (χ2n) is 5.31. The Bertz CT molecular complexity index is 534. The van der Waals surface area contributed by atoms with Crippen LogP contribution in [0.25, 0.3) is 5.69 Å². The zero-order chi connectivity index (χ0) is 13.8. The van der Waals surface area contributed by atoms with Crippen molar-refractivity contribution in [3.63, 3.8) is 0 Å². The van der Waals surface area contributed by atoms with E-state index >= 15 is 0 Å². The zero-order valence-electron chi connectivity index (χ0n) is 11.3. The number of hydrogen-bond acceptors (Lipinski definition) is 5. The van der Waals surface area contributed by atoms with Gasteiger partial charge in [0.15, 0.2) is 0 Å². The monoisotopic (exact) mass is 273 g/mol. The molecule has 106 valence electrons. The summed E-state index contributed by atoms with van der Waals surface area (Å²) in [5, 5.41) is 24.6. The minimum absolute atomic E-state index is 0.110. The lowest BCUT2D eigenvalue weighted by atomic mass is 9.87. The minimum Gasteiger partial charge on any atom is -0.393 e. The maximum absolute atomic E-state index is 9.52. The Morgan fingerprint density at radius 2 is 1.90 bits per heavy atom. The molecular formula is C14H19N5O. The highest BCUT2D eigenvalue weighted by Crippen LogP contribution is 2.24. The molecule has 20 heavy (non-hydrogen) atoms. The summed E-state index contributed by atoms with van der Waals surface area (Å²) < 4.78 is 1.71. The first-order chi connectivity index (χ1) is 9.83. The molecule has 1 aliphatic carbocycles. The van der Waals surface area contributed by atoms with Gasteiger partial charge in [0, 0.05) is 6.54 Å². The van der Waals surface area contributed by atoms with Gasteiger partial charge >= 0.3 is 0 Å². The molecule has 0 unspecified atom stereocenters. The van der Waals surface area contributed by atoms with Crippen LogP contribution in [0, 0.1) is 5.92 Å². The molecule has 0 saturated heterocycles. The van der Waals surface area contributed by atoms with Crippen molar-refractivity contribution in [3.8, 4) is 5.69 Å². The van der Waals surface area contributed by atoms with Crippen LogP contribution in [0.15, 0.2) is 30.3 Å². The van der Waals surface area contributed by atoms with Crippen molar-refractivity contribution < 1.29 is 5.11 Å². The SMILES string of the molecule is OC1CCC(CNc2nnnn2-c2ccccc2)CC1. The normalized spacial score (nSPS) is 22.6. The fourth-order valence-corrected chi connectivity index (χ4v) is 2.63. The molecule has 1 aromatic carbocycles. The molecule has 1 aliphatic rings. The molecule has 0 bridgehead atoms. The Kier molecular flexibility index (Phi) is 3.92. The van der Waals surface area contributed by atoms with E-state index in [2.05, 4.69) is 20.8 Å². The van der Waals surface area contributed by atoms with Crippen LogP contribution in [0.3, 0.4) is 0 Å². The molecule has 2 aromatic rings. The molecule has 3 rings (SSSR count). The Hall–Kier alpha value is -1.95. The van der Waals surface area contributed by atoms with Crippen LogP contribution >= 0.6 is 0 Å². The first-order valence-electron chi connectivity index (χ1n) is 7.08. The highest BCUT2D eigenvalue weighted by atomic mass is 16.3. The fraction of sp³-hybridized carbons (Fsp3) is 0.500. The van der Waals surface area contributed by atoms with Gasteiger partial charge in [0.1, 0.15) is 0 Å². The molecule has 0 spiro atoms. The van der Waals surface area contributed by atoms with E-state index in [4.69, 9.17) is 0 Å². The maximum atomic E-state index is 9.52. The molecule has 1 aromatic heterocycles. The van der Waals surface area contributed by atoms with E-state index in [1.165, 1.54) is 0 Å². The fourth-order valence-electron chi connectivity index (χ4n) is 2.63. The van der Waals surface area contributed by atoms with Crippen LogP contribution in [0.5, 0.6) is 0 Å². The van der Waals surface area contributed by atoms with Crippen molar-refractivity contribution in [3.05, 3.63) is 30.3 Å². The smallest absolute Gasteiger partial charge is 0.247 e. The summed E-state index contributed by atoms with van der Waals surface area (Å²) >= 11 is 0. The van der Waals surface area contributed by atoms with E-state index in [1.54, 1.807) is 4.68 Å². The molecule has 6 heteroatoms. The van der Waals surface area contributed by atoms with Gasteiger partial charge in [0.25, 0.3) is 0 Å². The van der Waals surface area contributed by atoms with Crippen LogP contribution in [-0.2, 0) is 0 Å². The highest BCUT2D eigenvalue weighted by Gasteiger charge is 2.19. The van der Waals surface area contributed by atoms with Crippen LogP contribution in [0.1, 0.15) is 25.7 Å². The highest BCUT2D eigenvalue weighted by molar-refractivity contribution is 5.38. The number of aliphatic hydroxyl groups excluding tert-OH is 1. The molecule has 1 saturated carbocycles. The summed E-state index contributed by atoms with van der Waals surface area (Å²) in [6.45, 7) is 0.847. The van der Waals surface area contributed by atoms with Gasteiger partial charge in [-0.05, 0) is 54.2 Å². The molecular weight excluding hydrogens is 254 g/mol. The van der Waals surface area contributed by atoms with E-state index in [9.17, 15) is 5.11 Å².